The summed E-state index contributed by atoms with van der Waals surface area (Å²) < 4.78 is 0. The second-order valence-corrected chi connectivity index (χ2v) is 1.75. The molecule has 0 aliphatic heterocycles. The molecular formula is C4H6ClNO2. The highest BCUT2D eigenvalue weighted by Gasteiger charge is 2.11. The van der Waals surface area contributed by atoms with Crippen molar-refractivity contribution in [3.05, 3.63) is 11.6 Å². The van der Waals surface area contributed by atoms with Gasteiger partial charge in [0.25, 0.3) is 0 Å². The number of halogens is 1. The Hall–Kier alpha value is -0.540. The average molecular weight is 136 g/mol. The molecule has 1 atom stereocenters. The molecule has 0 fully saturated rings. The fraction of sp³-hybridized carbons (Fsp3) is 0.250. The van der Waals surface area contributed by atoms with Crippen LogP contribution in [0.2, 0.25) is 0 Å². The summed E-state index contributed by atoms with van der Waals surface area (Å²) in [5.41, 5.74) is 4.93. The molecule has 1 unspecified atom stereocenters. The van der Waals surface area contributed by atoms with E-state index in [4.69, 9.17) is 22.4 Å². The van der Waals surface area contributed by atoms with Gasteiger partial charge in [0.15, 0.2) is 0 Å². The van der Waals surface area contributed by atoms with Crippen LogP contribution in [0.15, 0.2) is 11.6 Å². The molecule has 0 aromatic heterocycles. The van der Waals surface area contributed by atoms with Crippen LogP contribution in [-0.2, 0) is 4.79 Å². The molecule has 0 saturated heterocycles. The zero-order valence-electron chi connectivity index (χ0n) is 4.10. The van der Waals surface area contributed by atoms with Crippen LogP contribution in [-0.4, -0.2) is 17.1 Å². The fourth-order valence-electron chi connectivity index (χ4n) is 0.134. The van der Waals surface area contributed by atoms with E-state index in [0.29, 0.717) is 0 Å². The third kappa shape index (κ3) is 1.95. The quantitative estimate of drug-likeness (QED) is 0.567. The van der Waals surface area contributed by atoms with Gasteiger partial charge in [-0.3, -0.25) is 4.79 Å². The summed E-state index contributed by atoms with van der Waals surface area (Å²) in [6.07, 6.45) is 0. The molecule has 0 amide bonds. The molecule has 46 valence electrons. The first-order valence-electron chi connectivity index (χ1n) is 1.88. The highest BCUT2D eigenvalue weighted by Crippen LogP contribution is 2.00. The lowest BCUT2D eigenvalue weighted by atomic mass is 10.3. The lowest BCUT2D eigenvalue weighted by Gasteiger charge is -1.99. The molecule has 0 saturated carbocycles. The first-order valence-corrected chi connectivity index (χ1v) is 2.26. The van der Waals surface area contributed by atoms with Crippen molar-refractivity contribution >= 4 is 17.6 Å². The zero-order chi connectivity index (χ0) is 6.73. The number of aliphatic carboxylic acids is 1. The third-order valence-corrected chi connectivity index (χ3v) is 0.839. The highest BCUT2D eigenvalue weighted by atomic mass is 35.5. The minimum atomic E-state index is -1.16. The van der Waals surface area contributed by atoms with Crippen LogP contribution in [0.3, 0.4) is 0 Å². The van der Waals surface area contributed by atoms with Crippen molar-refractivity contribution in [3.8, 4) is 0 Å². The van der Waals surface area contributed by atoms with E-state index in [-0.39, 0.29) is 5.03 Å². The molecule has 0 aliphatic carbocycles. The molecule has 0 bridgehead atoms. The Labute approximate surface area is 51.7 Å². The second kappa shape index (κ2) is 2.69. The smallest absolute Gasteiger partial charge is 0.326 e. The molecule has 3 nitrogen and oxygen atoms in total. The van der Waals surface area contributed by atoms with Crippen molar-refractivity contribution < 1.29 is 9.90 Å². The summed E-state index contributed by atoms with van der Waals surface area (Å²) in [4.78, 5) is 9.87. The van der Waals surface area contributed by atoms with E-state index >= 15 is 0 Å². The largest absolute Gasteiger partial charge is 0.480 e. The Morgan fingerprint density at radius 2 is 2.25 bits per heavy atom. The molecule has 8 heavy (non-hydrogen) atoms. The van der Waals surface area contributed by atoms with Gasteiger partial charge in [-0.15, -0.1) is 0 Å². The predicted molar refractivity (Wildman–Crippen MR) is 30.6 cm³/mol. The summed E-state index contributed by atoms with van der Waals surface area (Å²) in [5, 5.41) is 8.02. The maximum Gasteiger partial charge on any atom is 0.326 e. The maximum atomic E-state index is 9.87. The summed E-state index contributed by atoms with van der Waals surface area (Å²) in [7, 11) is 0. The summed E-state index contributed by atoms with van der Waals surface area (Å²) in [6.45, 7) is 3.14. The summed E-state index contributed by atoms with van der Waals surface area (Å²) >= 11 is 5.12. The molecular weight excluding hydrogens is 130 g/mol. The second-order valence-electron chi connectivity index (χ2n) is 1.26. The topological polar surface area (TPSA) is 63.3 Å². The van der Waals surface area contributed by atoms with Gasteiger partial charge in [-0.25, -0.2) is 0 Å². The van der Waals surface area contributed by atoms with Crippen molar-refractivity contribution in [2.75, 3.05) is 0 Å². The Morgan fingerprint density at radius 3 is 2.25 bits per heavy atom. The molecule has 3 N–H and O–H groups in total. The number of nitrogens with two attached hydrogens (primary N) is 1. The van der Waals surface area contributed by atoms with E-state index in [0.717, 1.165) is 0 Å². The average Bonchev–Trinajstić information content (AvgIpc) is 1.64. The van der Waals surface area contributed by atoms with E-state index < -0.39 is 12.0 Å². The summed E-state index contributed by atoms with van der Waals surface area (Å²) in [5.74, 6) is -1.16. The Bertz CT molecular complexity index is 109. The minimum absolute atomic E-state index is 0.0579. The number of hydrogen-bond acceptors (Lipinski definition) is 2. The summed E-state index contributed by atoms with van der Waals surface area (Å²) in [6, 6.07) is -1.14. The Morgan fingerprint density at radius 1 is 1.88 bits per heavy atom. The van der Waals surface area contributed by atoms with Crippen molar-refractivity contribution in [3.63, 3.8) is 0 Å². The number of hydrogen-bond donors (Lipinski definition) is 2. The van der Waals surface area contributed by atoms with E-state index in [9.17, 15) is 4.79 Å². The van der Waals surface area contributed by atoms with Crippen LogP contribution >= 0.6 is 11.6 Å². The fourth-order valence-corrected chi connectivity index (χ4v) is 0.227. The van der Waals surface area contributed by atoms with Gasteiger partial charge in [0, 0.05) is 5.03 Å². The normalized spacial score (nSPS) is 12.8. The van der Waals surface area contributed by atoms with E-state index in [1.807, 2.05) is 0 Å². The van der Waals surface area contributed by atoms with Crippen LogP contribution in [0.4, 0.5) is 0 Å². The lowest BCUT2D eigenvalue weighted by molar-refractivity contribution is -0.137. The molecule has 0 rings (SSSR count). The maximum absolute atomic E-state index is 9.87. The van der Waals surface area contributed by atoms with Crippen molar-refractivity contribution in [2.45, 2.75) is 6.04 Å². The van der Waals surface area contributed by atoms with Gasteiger partial charge in [-0.2, -0.15) is 0 Å². The molecule has 0 aliphatic rings. The van der Waals surface area contributed by atoms with Crippen LogP contribution in [0, 0.1) is 0 Å². The molecule has 0 aromatic rings. The zero-order valence-corrected chi connectivity index (χ0v) is 4.85. The standard InChI is InChI=1S/C4H6ClNO2/c1-2(5)3(6)4(7)8/h3H,1,6H2,(H,7,8). The van der Waals surface area contributed by atoms with Gasteiger partial charge >= 0.3 is 5.97 Å². The van der Waals surface area contributed by atoms with Crippen LogP contribution < -0.4 is 5.73 Å². The number of carboxylic acids is 1. The molecule has 0 radical (unpaired) electrons. The van der Waals surface area contributed by atoms with Gasteiger partial charge in [0.1, 0.15) is 6.04 Å². The van der Waals surface area contributed by atoms with E-state index in [2.05, 4.69) is 6.58 Å². The monoisotopic (exact) mass is 135 g/mol. The SMILES string of the molecule is C=C(Cl)C(N)C(=O)O. The molecule has 0 spiro atoms. The van der Waals surface area contributed by atoms with Crippen LogP contribution in [0.25, 0.3) is 0 Å². The first kappa shape index (κ1) is 7.46. The number of rotatable bonds is 2. The first-order chi connectivity index (χ1) is 3.55. The Balaban J connectivity index is 3.83. The molecule has 4 heteroatoms. The van der Waals surface area contributed by atoms with Gasteiger partial charge in [-0.05, 0) is 0 Å². The van der Waals surface area contributed by atoms with Crippen molar-refractivity contribution in [1.82, 2.24) is 0 Å². The third-order valence-electron chi connectivity index (χ3n) is 0.604. The van der Waals surface area contributed by atoms with E-state index in [1.165, 1.54) is 0 Å². The number of carbonyl (C=O) groups is 1. The van der Waals surface area contributed by atoms with Crippen LogP contribution in [0.5, 0.6) is 0 Å². The Kier molecular flexibility index (Phi) is 2.51. The highest BCUT2D eigenvalue weighted by molar-refractivity contribution is 6.31. The van der Waals surface area contributed by atoms with Gasteiger partial charge in [-0.1, -0.05) is 18.2 Å². The predicted octanol–water partition coefficient (Wildman–Crippen LogP) is 0.151. The van der Waals surface area contributed by atoms with Gasteiger partial charge < -0.3 is 10.8 Å². The van der Waals surface area contributed by atoms with Gasteiger partial charge in [0.05, 0.1) is 0 Å². The van der Waals surface area contributed by atoms with Crippen LogP contribution in [0.1, 0.15) is 0 Å². The van der Waals surface area contributed by atoms with Crippen molar-refractivity contribution in [1.29, 1.82) is 0 Å². The van der Waals surface area contributed by atoms with E-state index in [1.54, 1.807) is 0 Å². The number of carboxylic acid groups (broad SMARTS) is 1. The lowest BCUT2D eigenvalue weighted by Crippen LogP contribution is -2.29. The molecule has 0 heterocycles. The van der Waals surface area contributed by atoms with Crippen molar-refractivity contribution in [2.24, 2.45) is 5.73 Å². The molecule has 0 aromatic carbocycles. The van der Waals surface area contributed by atoms with Gasteiger partial charge in [0.2, 0.25) is 0 Å². The minimum Gasteiger partial charge on any atom is -0.480 e.